The van der Waals surface area contributed by atoms with Gasteiger partial charge in [-0.15, -0.1) is 0 Å². The molecule has 11 heavy (non-hydrogen) atoms. The van der Waals surface area contributed by atoms with Crippen molar-refractivity contribution in [1.29, 1.82) is 0 Å². The summed E-state index contributed by atoms with van der Waals surface area (Å²) in [6.07, 6.45) is 4.16. The molecule has 2 heteroatoms. The molecule has 1 fully saturated rings. The predicted molar refractivity (Wildman–Crippen MR) is 45.5 cm³/mol. The second-order valence-electron chi connectivity index (χ2n) is 3.29. The van der Waals surface area contributed by atoms with Gasteiger partial charge in [0.25, 0.3) is 0 Å². The zero-order chi connectivity index (χ0) is 8.10. The van der Waals surface area contributed by atoms with Gasteiger partial charge in [-0.1, -0.05) is 6.92 Å². The van der Waals surface area contributed by atoms with E-state index in [4.69, 9.17) is 0 Å². The minimum Gasteiger partial charge on any atom is -0.316 e. The molecule has 0 unspecified atom stereocenters. The van der Waals surface area contributed by atoms with E-state index in [0.717, 1.165) is 19.0 Å². The van der Waals surface area contributed by atoms with E-state index in [1.54, 1.807) is 0 Å². The van der Waals surface area contributed by atoms with Crippen molar-refractivity contribution >= 4 is 5.78 Å². The molecule has 64 valence electrons. The number of rotatable bonds is 6. The second-order valence-corrected chi connectivity index (χ2v) is 3.29. The molecule has 0 bridgehead atoms. The van der Waals surface area contributed by atoms with Gasteiger partial charge >= 0.3 is 0 Å². The van der Waals surface area contributed by atoms with Crippen LogP contribution in [0.15, 0.2) is 0 Å². The van der Waals surface area contributed by atoms with Crippen LogP contribution in [0, 0.1) is 5.92 Å². The molecule has 0 aliphatic heterocycles. The Morgan fingerprint density at radius 1 is 1.55 bits per heavy atom. The Hall–Kier alpha value is -0.370. The van der Waals surface area contributed by atoms with Gasteiger partial charge in [-0.05, 0) is 25.3 Å². The zero-order valence-corrected chi connectivity index (χ0v) is 7.23. The normalized spacial score (nSPS) is 16.8. The van der Waals surface area contributed by atoms with E-state index in [9.17, 15) is 4.79 Å². The van der Waals surface area contributed by atoms with Gasteiger partial charge in [-0.25, -0.2) is 0 Å². The van der Waals surface area contributed by atoms with Gasteiger partial charge in [0.05, 0.1) is 0 Å². The molecule has 0 saturated heterocycles. The number of Topliss-reactive ketones (excluding diaryl/α,β-unsaturated/α-hetero) is 1. The van der Waals surface area contributed by atoms with Gasteiger partial charge in [0.1, 0.15) is 5.78 Å². The standard InChI is InChI=1S/C9H17NO/c1-2-9(11)5-6-10-7-8-3-4-8/h8,10H,2-7H2,1H3. The highest BCUT2D eigenvalue weighted by molar-refractivity contribution is 5.78. The van der Waals surface area contributed by atoms with Crippen molar-refractivity contribution in [3.05, 3.63) is 0 Å². The van der Waals surface area contributed by atoms with E-state index in [1.807, 2.05) is 6.92 Å². The van der Waals surface area contributed by atoms with Gasteiger partial charge in [-0.3, -0.25) is 4.79 Å². The minimum atomic E-state index is 0.369. The van der Waals surface area contributed by atoms with Crippen molar-refractivity contribution in [2.75, 3.05) is 13.1 Å². The van der Waals surface area contributed by atoms with Crippen LogP contribution in [0.5, 0.6) is 0 Å². The summed E-state index contributed by atoms with van der Waals surface area (Å²) in [6, 6.07) is 0. The molecule has 1 rings (SSSR count). The van der Waals surface area contributed by atoms with Crippen LogP contribution in [0.1, 0.15) is 32.6 Å². The lowest BCUT2D eigenvalue weighted by atomic mass is 10.2. The summed E-state index contributed by atoms with van der Waals surface area (Å²) in [5, 5.41) is 3.29. The molecule has 0 spiro atoms. The molecule has 2 nitrogen and oxygen atoms in total. The van der Waals surface area contributed by atoms with Crippen LogP contribution < -0.4 is 5.32 Å². The lowest BCUT2D eigenvalue weighted by Gasteiger charge is -2.00. The number of hydrogen-bond acceptors (Lipinski definition) is 2. The van der Waals surface area contributed by atoms with Gasteiger partial charge in [0, 0.05) is 19.4 Å². The molecule has 0 amide bonds. The van der Waals surface area contributed by atoms with E-state index in [0.29, 0.717) is 18.6 Å². The van der Waals surface area contributed by atoms with E-state index < -0.39 is 0 Å². The van der Waals surface area contributed by atoms with E-state index in [2.05, 4.69) is 5.32 Å². The van der Waals surface area contributed by atoms with Crippen molar-refractivity contribution in [1.82, 2.24) is 5.32 Å². The van der Waals surface area contributed by atoms with Crippen molar-refractivity contribution in [2.45, 2.75) is 32.6 Å². The van der Waals surface area contributed by atoms with Crippen LogP contribution in [0.3, 0.4) is 0 Å². The molecule has 0 atom stereocenters. The summed E-state index contributed by atoms with van der Waals surface area (Å²) in [5.41, 5.74) is 0. The number of hydrogen-bond donors (Lipinski definition) is 1. The third-order valence-electron chi connectivity index (χ3n) is 2.10. The first-order chi connectivity index (χ1) is 5.33. The van der Waals surface area contributed by atoms with E-state index >= 15 is 0 Å². The SMILES string of the molecule is CCC(=O)CCNCC1CC1. The third-order valence-corrected chi connectivity index (χ3v) is 2.10. The zero-order valence-electron chi connectivity index (χ0n) is 7.23. The largest absolute Gasteiger partial charge is 0.316 e. The number of ketones is 1. The summed E-state index contributed by atoms with van der Waals surface area (Å²) in [7, 11) is 0. The number of carbonyl (C=O) groups excluding carboxylic acids is 1. The van der Waals surface area contributed by atoms with Crippen LogP contribution in [0.4, 0.5) is 0 Å². The van der Waals surface area contributed by atoms with Gasteiger partial charge in [0.15, 0.2) is 0 Å². The quantitative estimate of drug-likeness (QED) is 0.587. The molecule has 0 radical (unpaired) electrons. The molecule has 0 heterocycles. The fourth-order valence-corrected chi connectivity index (χ4v) is 1.03. The van der Waals surface area contributed by atoms with Crippen molar-refractivity contribution in [3.63, 3.8) is 0 Å². The summed E-state index contributed by atoms with van der Waals surface area (Å²) in [4.78, 5) is 10.8. The first-order valence-electron chi connectivity index (χ1n) is 4.55. The Labute approximate surface area is 68.4 Å². The molecule has 0 aromatic heterocycles. The van der Waals surface area contributed by atoms with Gasteiger partial charge < -0.3 is 5.32 Å². The molecule has 1 aliphatic carbocycles. The monoisotopic (exact) mass is 155 g/mol. The summed E-state index contributed by atoms with van der Waals surface area (Å²) in [5.74, 6) is 1.29. The van der Waals surface area contributed by atoms with Crippen molar-refractivity contribution in [2.24, 2.45) is 5.92 Å². The maximum absolute atomic E-state index is 10.8. The lowest BCUT2D eigenvalue weighted by molar-refractivity contribution is -0.118. The number of nitrogens with one attached hydrogen (secondary N) is 1. The Morgan fingerprint density at radius 3 is 2.82 bits per heavy atom. The van der Waals surface area contributed by atoms with Crippen LogP contribution in [0.25, 0.3) is 0 Å². The first kappa shape index (κ1) is 8.72. The maximum atomic E-state index is 10.8. The van der Waals surface area contributed by atoms with Gasteiger partial charge in [-0.2, -0.15) is 0 Å². The molecule has 0 aromatic carbocycles. The number of carbonyl (C=O) groups is 1. The summed E-state index contributed by atoms with van der Waals surface area (Å²) in [6.45, 7) is 3.92. The highest BCUT2D eigenvalue weighted by Gasteiger charge is 2.19. The lowest BCUT2D eigenvalue weighted by Crippen LogP contribution is -2.20. The molecule has 1 N–H and O–H groups in total. The minimum absolute atomic E-state index is 0.369. The Bertz CT molecular complexity index is 130. The van der Waals surface area contributed by atoms with Crippen LogP contribution in [-0.4, -0.2) is 18.9 Å². The van der Waals surface area contributed by atoms with Crippen molar-refractivity contribution < 1.29 is 4.79 Å². The average molecular weight is 155 g/mol. The molecular formula is C9H17NO. The van der Waals surface area contributed by atoms with E-state index in [1.165, 1.54) is 12.8 Å². The predicted octanol–water partition coefficient (Wildman–Crippen LogP) is 1.36. The van der Waals surface area contributed by atoms with Gasteiger partial charge in [0.2, 0.25) is 0 Å². The summed E-state index contributed by atoms with van der Waals surface area (Å²) < 4.78 is 0. The van der Waals surface area contributed by atoms with Crippen LogP contribution >= 0.6 is 0 Å². The maximum Gasteiger partial charge on any atom is 0.133 e. The topological polar surface area (TPSA) is 29.1 Å². The molecule has 0 aromatic rings. The van der Waals surface area contributed by atoms with E-state index in [-0.39, 0.29) is 0 Å². The van der Waals surface area contributed by atoms with Crippen LogP contribution in [0.2, 0.25) is 0 Å². The fraction of sp³-hybridized carbons (Fsp3) is 0.889. The van der Waals surface area contributed by atoms with Crippen molar-refractivity contribution in [3.8, 4) is 0 Å². The Morgan fingerprint density at radius 2 is 2.27 bits per heavy atom. The highest BCUT2D eigenvalue weighted by atomic mass is 16.1. The first-order valence-corrected chi connectivity index (χ1v) is 4.55. The fourth-order valence-electron chi connectivity index (χ4n) is 1.03. The highest BCUT2D eigenvalue weighted by Crippen LogP contribution is 2.27. The van der Waals surface area contributed by atoms with Crippen LogP contribution in [-0.2, 0) is 4.79 Å². The third kappa shape index (κ3) is 4.14. The molecular weight excluding hydrogens is 138 g/mol. The molecule has 1 aliphatic rings. The average Bonchev–Trinajstić information content (AvgIpc) is 2.81. The second kappa shape index (κ2) is 4.50. The smallest absolute Gasteiger partial charge is 0.133 e. The summed E-state index contributed by atoms with van der Waals surface area (Å²) >= 11 is 0. The molecule has 1 saturated carbocycles. The Kier molecular flexibility index (Phi) is 3.57. The Balaban J connectivity index is 1.82.